The van der Waals surface area contributed by atoms with Crippen LogP contribution in [0.1, 0.15) is 16.8 Å². The van der Waals surface area contributed by atoms with E-state index in [1.54, 1.807) is 35.5 Å². The lowest BCUT2D eigenvalue weighted by atomic mass is 10.1. The molecule has 160 valence electrons. The fourth-order valence-corrected chi connectivity index (χ4v) is 3.81. The Hall–Kier alpha value is -3.81. The van der Waals surface area contributed by atoms with E-state index in [1.807, 2.05) is 39.0 Å². The second kappa shape index (κ2) is 7.79. The van der Waals surface area contributed by atoms with Gasteiger partial charge >= 0.3 is 0 Å². The fraction of sp³-hybridized carbons (Fsp3) is 0.261. The predicted octanol–water partition coefficient (Wildman–Crippen LogP) is 3.23. The predicted molar refractivity (Wildman–Crippen MR) is 119 cm³/mol. The summed E-state index contributed by atoms with van der Waals surface area (Å²) in [6.07, 6.45) is 0. The SMILES string of the molecule is COc1cc2c(cc1OC)n(CC(=O)Nc1cccc(C)c1C)n1c(C)cc(=O)nc21. The second-order valence-corrected chi connectivity index (χ2v) is 7.45. The number of amides is 1. The summed E-state index contributed by atoms with van der Waals surface area (Å²) >= 11 is 0. The van der Waals surface area contributed by atoms with Gasteiger partial charge in [0, 0.05) is 28.9 Å². The highest BCUT2D eigenvalue weighted by atomic mass is 16.5. The normalized spacial score (nSPS) is 11.1. The van der Waals surface area contributed by atoms with Crippen molar-refractivity contribution in [2.45, 2.75) is 27.3 Å². The molecule has 0 aliphatic carbocycles. The van der Waals surface area contributed by atoms with Crippen LogP contribution in [0, 0.1) is 20.8 Å². The molecule has 4 aromatic rings. The number of aryl methyl sites for hydroxylation is 2. The number of benzene rings is 2. The van der Waals surface area contributed by atoms with Gasteiger partial charge in [-0.25, -0.2) is 4.52 Å². The molecule has 0 aliphatic rings. The van der Waals surface area contributed by atoms with Crippen LogP contribution >= 0.6 is 0 Å². The quantitative estimate of drug-likeness (QED) is 0.536. The molecule has 0 atom stereocenters. The van der Waals surface area contributed by atoms with Crippen molar-refractivity contribution in [2.75, 3.05) is 19.5 Å². The summed E-state index contributed by atoms with van der Waals surface area (Å²) in [5, 5.41) is 3.68. The Morgan fingerprint density at radius 2 is 1.77 bits per heavy atom. The minimum Gasteiger partial charge on any atom is -0.493 e. The number of rotatable bonds is 5. The number of fused-ring (bicyclic) bond motifs is 3. The van der Waals surface area contributed by atoms with Crippen LogP contribution in [-0.4, -0.2) is 34.3 Å². The van der Waals surface area contributed by atoms with Gasteiger partial charge in [0.15, 0.2) is 17.1 Å². The van der Waals surface area contributed by atoms with Crippen LogP contribution in [0.5, 0.6) is 11.5 Å². The second-order valence-electron chi connectivity index (χ2n) is 7.45. The number of hydrogen-bond donors (Lipinski definition) is 1. The van der Waals surface area contributed by atoms with E-state index in [9.17, 15) is 9.59 Å². The van der Waals surface area contributed by atoms with Crippen molar-refractivity contribution >= 4 is 28.1 Å². The third-order valence-electron chi connectivity index (χ3n) is 5.52. The smallest absolute Gasteiger partial charge is 0.273 e. The van der Waals surface area contributed by atoms with Crippen LogP contribution in [-0.2, 0) is 11.3 Å². The van der Waals surface area contributed by atoms with E-state index < -0.39 is 0 Å². The highest BCUT2D eigenvalue weighted by Gasteiger charge is 2.19. The number of anilines is 1. The molecule has 0 bridgehead atoms. The lowest BCUT2D eigenvalue weighted by Gasteiger charge is -2.13. The number of hydrogen-bond acceptors (Lipinski definition) is 5. The number of aromatic nitrogens is 3. The van der Waals surface area contributed by atoms with Crippen molar-refractivity contribution in [3.8, 4) is 11.5 Å². The lowest BCUT2D eigenvalue weighted by Crippen LogP contribution is -2.23. The van der Waals surface area contributed by atoms with Gasteiger partial charge in [-0.2, -0.15) is 4.98 Å². The van der Waals surface area contributed by atoms with Gasteiger partial charge in [0.2, 0.25) is 5.91 Å². The summed E-state index contributed by atoms with van der Waals surface area (Å²) in [4.78, 5) is 29.3. The summed E-state index contributed by atoms with van der Waals surface area (Å²) < 4.78 is 14.4. The molecule has 0 saturated carbocycles. The number of nitrogens with zero attached hydrogens (tertiary/aromatic N) is 3. The highest BCUT2D eigenvalue weighted by Crippen LogP contribution is 2.34. The molecular weight excluding hydrogens is 396 g/mol. The Kier molecular flexibility index (Phi) is 5.14. The summed E-state index contributed by atoms with van der Waals surface area (Å²) in [5.41, 5.74) is 4.38. The zero-order chi connectivity index (χ0) is 22.3. The van der Waals surface area contributed by atoms with Gasteiger partial charge in [-0.1, -0.05) is 12.1 Å². The molecule has 2 heterocycles. The van der Waals surface area contributed by atoms with Crippen molar-refractivity contribution in [1.29, 1.82) is 0 Å². The maximum absolute atomic E-state index is 13.0. The van der Waals surface area contributed by atoms with E-state index >= 15 is 0 Å². The molecule has 1 N–H and O–H groups in total. The van der Waals surface area contributed by atoms with Gasteiger partial charge in [0.25, 0.3) is 5.56 Å². The molecule has 0 radical (unpaired) electrons. The minimum absolute atomic E-state index is 0.0221. The molecule has 8 heteroatoms. The molecule has 2 aromatic carbocycles. The number of nitrogens with one attached hydrogen (secondary N) is 1. The zero-order valence-electron chi connectivity index (χ0n) is 18.1. The number of carbonyl (C=O) groups excluding carboxylic acids is 1. The Labute approximate surface area is 179 Å². The molecule has 0 fully saturated rings. The average Bonchev–Trinajstić information content (AvgIpc) is 3.03. The molecule has 0 aliphatic heterocycles. The molecule has 0 unspecified atom stereocenters. The molecule has 2 aromatic heterocycles. The van der Waals surface area contributed by atoms with E-state index in [-0.39, 0.29) is 18.0 Å². The third kappa shape index (κ3) is 3.50. The molecule has 4 rings (SSSR count). The molecule has 8 nitrogen and oxygen atoms in total. The Morgan fingerprint density at radius 1 is 1.06 bits per heavy atom. The van der Waals surface area contributed by atoms with Gasteiger partial charge in [0.1, 0.15) is 6.54 Å². The van der Waals surface area contributed by atoms with Gasteiger partial charge in [-0.15, -0.1) is 0 Å². The van der Waals surface area contributed by atoms with E-state index in [0.717, 1.165) is 16.8 Å². The summed E-state index contributed by atoms with van der Waals surface area (Å²) in [5.74, 6) is 0.847. The molecule has 1 amide bonds. The highest BCUT2D eigenvalue weighted by molar-refractivity contribution is 5.97. The molecule has 31 heavy (non-hydrogen) atoms. The monoisotopic (exact) mass is 420 g/mol. The average molecular weight is 420 g/mol. The van der Waals surface area contributed by atoms with Crippen LogP contribution in [0.3, 0.4) is 0 Å². The maximum atomic E-state index is 13.0. The Balaban J connectivity index is 1.88. The molecule has 0 saturated heterocycles. The van der Waals surface area contributed by atoms with Crippen molar-refractivity contribution in [1.82, 2.24) is 14.2 Å². The summed E-state index contributed by atoms with van der Waals surface area (Å²) in [7, 11) is 3.10. The summed E-state index contributed by atoms with van der Waals surface area (Å²) in [6.45, 7) is 5.81. The van der Waals surface area contributed by atoms with Gasteiger partial charge in [-0.3, -0.25) is 14.3 Å². The van der Waals surface area contributed by atoms with E-state index in [0.29, 0.717) is 33.7 Å². The van der Waals surface area contributed by atoms with Crippen LogP contribution in [0.4, 0.5) is 5.69 Å². The Morgan fingerprint density at radius 3 is 2.48 bits per heavy atom. The van der Waals surface area contributed by atoms with Gasteiger partial charge in [0.05, 0.1) is 19.7 Å². The van der Waals surface area contributed by atoms with E-state index in [4.69, 9.17) is 9.47 Å². The largest absolute Gasteiger partial charge is 0.493 e. The summed E-state index contributed by atoms with van der Waals surface area (Å²) in [6, 6.07) is 10.8. The van der Waals surface area contributed by atoms with Crippen molar-refractivity contribution in [3.63, 3.8) is 0 Å². The minimum atomic E-state index is -0.342. The van der Waals surface area contributed by atoms with Crippen molar-refractivity contribution in [2.24, 2.45) is 0 Å². The lowest BCUT2D eigenvalue weighted by molar-refractivity contribution is -0.116. The van der Waals surface area contributed by atoms with Crippen molar-refractivity contribution in [3.05, 3.63) is 63.6 Å². The third-order valence-corrected chi connectivity index (χ3v) is 5.52. The number of carbonyl (C=O) groups is 1. The first-order valence-corrected chi connectivity index (χ1v) is 9.85. The maximum Gasteiger partial charge on any atom is 0.273 e. The number of ether oxygens (including phenoxy) is 2. The van der Waals surface area contributed by atoms with Crippen LogP contribution < -0.4 is 20.3 Å². The van der Waals surface area contributed by atoms with Crippen LogP contribution in [0.15, 0.2) is 41.2 Å². The zero-order valence-corrected chi connectivity index (χ0v) is 18.1. The van der Waals surface area contributed by atoms with Crippen LogP contribution in [0.25, 0.3) is 16.6 Å². The van der Waals surface area contributed by atoms with E-state index in [1.165, 1.54) is 6.07 Å². The molecular formula is C23H24N4O4. The Bertz CT molecular complexity index is 1380. The number of methoxy groups -OCH3 is 2. The van der Waals surface area contributed by atoms with E-state index in [2.05, 4.69) is 10.3 Å². The first-order valence-electron chi connectivity index (χ1n) is 9.85. The first kappa shape index (κ1) is 20.5. The van der Waals surface area contributed by atoms with Crippen molar-refractivity contribution < 1.29 is 14.3 Å². The topological polar surface area (TPSA) is 86.9 Å². The first-order chi connectivity index (χ1) is 14.8. The van der Waals surface area contributed by atoms with Gasteiger partial charge in [-0.05, 0) is 44.0 Å². The molecule has 0 spiro atoms. The van der Waals surface area contributed by atoms with Crippen LogP contribution in [0.2, 0.25) is 0 Å². The fourth-order valence-electron chi connectivity index (χ4n) is 3.81. The van der Waals surface area contributed by atoms with Gasteiger partial charge < -0.3 is 14.8 Å². The standard InChI is InChI=1S/C23H24N4O4/c1-13-7-6-8-17(15(13)3)24-22(29)12-26-18-11-20(31-5)19(30-4)10-16(18)23-25-21(28)9-14(2)27(23)26/h6-11H,12H2,1-5H3,(H,24,29).